The molecule has 0 saturated heterocycles. The van der Waals surface area contributed by atoms with E-state index < -0.39 is 0 Å². The predicted octanol–water partition coefficient (Wildman–Crippen LogP) is 6.47. The summed E-state index contributed by atoms with van der Waals surface area (Å²) in [6.07, 6.45) is 20.5. The zero-order chi connectivity index (χ0) is 16.3. The van der Waals surface area contributed by atoms with Gasteiger partial charge in [-0.3, -0.25) is 4.39 Å². The largest absolute Gasteiger partial charge is 0.379 e. The Morgan fingerprint density at radius 3 is 2.09 bits per heavy atom. The maximum atomic E-state index is 12.1. The SMILES string of the molecule is CCOC1CCC(CCC2CCC(/C=C/CCCF)CC2)CC1. The molecule has 2 heteroatoms. The van der Waals surface area contributed by atoms with Gasteiger partial charge in [-0.2, -0.15) is 0 Å². The molecule has 0 aromatic heterocycles. The van der Waals surface area contributed by atoms with Crippen LogP contribution in [0.5, 0.6) is 0 Å². The van der Waals surface area contributed by atoms with Crippen molar-refractivity contribution in [2.75, 3.05) is 13.3 Å². The summed E-state index contributed by atoms with van der Waals surface area (Å²) in [7, 11) is 0. The third-order valence-corrected chi connectivity index (χ3v) is 5.98. The number of hydrogen-bond acceptors (Lipinski definition) is 1. The molecule has 0 amide bonds. The van der Waals surface area contributed by atoms with Crippen molar-refractivity contribution in [1.29, 1.82) is 0 Å². The Morgan fingerprint density at radius 1 is 0.913 bits per heavy atom. The highest BCUT2D eigenvalue weighted by Crippen LogP contribution is 2.36. The van der Waals surface area contributed by atoms with Gasteiger partial charge in [0.1, 0.15) is 0 Å². The lowest BCUT2D eigenvalue weighted by molar-refractivity contribution is 0.0239. The molecule has 0 atom stereocenters. The Balaban J connectivity index is 1.54. The van der Waals surface area contributed by atoms with Crippen molar-refractivity contribution in [1.82, 2.24) is 0 Å². The number of rotatable bonds is 9. The number of allylic oxidation sites excluding steroid dienone is 2. The minimum Gasteiger partial charge on any atom is -0.379 e. The third kappa shape index (κ3) is 7.37. The normalized spacial score (nSPS) is 32.4. The summed E-state index contributed by atoms with van der Waals surface area (Å²) in [4.78, 5) is 0. The summed E-state index contributed by atoms with van der Waals surface area (Å²) >= 11 is 0. The molecule has 0 aromatic rings. The van der Waals surface area contributed by atoms with E-state index in [4.69, 9.17) is 4.74 Å². The first-order chi connectivity index (χ1) is 11.3. The standard InChI is InChI=1S/C21H37FO/c1-2-23-21-15-13-20(14-16-21)12-11-19-9-7-18(8-10-19)6-4-3-5-17-22/h4,6,18-21H,2-3,5,7-17H2,1H3/b6-4+. The lowest BCUT2D eigenvalue weighted by atomic mass is 9.77. The van der Waals surface area contributed by atoms with Crippen LogP contribution in [0.3, 0.4) is 0 Å². The van der Waals surface area contributed by atoms with Crippen molar-refractivity contribution in [3.8, 4) is 0 Å². The van der Waals surface area contributed by atoms with Crippen molar-refractivity contribution in [2.24, 2.45) is 17.8 Å². The molecular formula is C21H37FO. The molecule has 0 heterocycles. The van der Waals surface area contributed by atoms with Gasteiger partial charge in [0.25, 0.3) is 0 Å². The summed E-state index contributed by atoms with van der Waals surface area (Å²) in [6.45, 7) is 2.81. The fourth-order valence-corrected chi connectivity index (χ4v) is 4.45. The monoisotopic (exact) mass is 324 g/mol. The minimum atomic E-state index is -0.177. The molecule has 0 aromatic carbocycles. The Bertz CT molecular complexity index is 312. The summed E-state index contributed by atoms with van der Waals surface area (Å²) < 4.78 is 17.8. The Kier molecular flexibility index (Phi) is 9.26. The van der Waals surface area contributed by atoms with Crippen molar-refractivity contribution in [3.05, 3.63) is 12.2 Å². The second-order valence-electron chi connectivity index (χ2n) is 7.72. The van der Waals surface area contributed by atoms with E-state index in [1.807, 2.05) is 0 Å². The van der Waals surface area contributed by atoms with E-state index in [2.05, 4.69) is 19.1 Å². The highest BCUT2D eigenvalue weighted by Gasteiger charge is 2.24. The number of ether oxygens (including phenoxy) is 1. The molecule has 1 nitrogen and oxygen atoms in total. The van der Waals surface area contributed by atoms with Gasteiger partial charge in [0, 0.05) is 6.61 Å². The molecule has 2 aliphatic rings. The Labute approximate surface area is 143 Å². The average molecular weight is 325 g/mol. The van der Waals surface area contributed by atoms with Gasteiger partial charge in [0.15, 0.2) is 0 Å². The quantitative estimate of drug-likeness (QED) is 0.348. The van der Waals surface area contributed by atoms with Gasteiger partial charge < -0.3 is 4.74 Å². The van der Waals surface area contributed by atoms with Gasteiger partial charge in [-0.05, 0) is 88.9 Å². The van der Waals surface area contributed by atoms with Gasteiger partial charge in [-0.25, -0.2) is 0 Å². The highest BCUT2D eigenvalue weighted by molar-refractivity contribution is 4.91. The van der Waals surface area contributed by atoms with Gasteiger partial charge in [-0.1, -0.05) is 25.0 Å². The van der Waals surface area contributed by atoms with E-state index >= 15 is 0 Å². The molecule has 134 valence electrons. The van der Waals surface area contributed by atoms with E-state index in [1.54, 1.807) is 0 Å². The molecule has 0 radical (unpaired) electrons. The maximum Gasteiger partial charge on any atom is 0.0897 e. The van der Waals surface area contributed by atoms with Crippen LogP contribution >= 0.6 is 0 Å². The van der Waals surface area contributed by atoms with Crippen LogP contribution in [0.1, 0.15) is 84.0 Å². The van der Waals surface area contributed by atoms with Crippen LogP contribution in [0.2, 0.25) is 0 Å². The molecule has 23 heavy (non-hydrogen) atoms. The van der Waals surface area contributed by atoms with Crippen LogP contribution in [0.4, 0.5) is 4.39 Å². The fourth-order valence-electron chi connectivity index (χ4n) is 4.45. The van der Waals surface area contributed by atoms with E-state index in [0.29, 0.717) is 12.5 Å². The van der Waals surface area contributed by atoms with E-state index in [9.17, 15) is 4.39 Å². The van der Waals surface area contributed by atoms with Crippen molar-refractivity contribution < 1.29 is 9.13 Å². The molecule has 0 spiro atoms. The van der Waals surface area contributed by atoms with E-state index in [0.717, 1.165) is 30.8 Å². The molecule has 2 fully saturated rings. The minimum absolute atomic E-state index is 0.177. The van der Waals surface area contributed by atoms with Crippen LogP contribution in [-0.4, -0.2) is 19.4 Å². The smallest absolute Gasteiger partial charge is 0.0897 e. The summed E-state index contributed by atoms with van der Waals surface area (Å²) in [6, 6.07) is 0. The first-order valence-electron chi connectivity index (χ1n) is 10.2. The molecule has 2 rings (SSSR count). The lowest BCUT2D eigenvalue weighted by Gasteiger charge is -2.31. The number of unbranched alkanes of at least 4 members (excludes halogenated alkanes) is 1. The van der Waals surface area contributed by atoms with E-state index in [1.165, 1.54) is 64.2 Å². The second kappa shape index (κ2) is 11.2. The van der Waals surface area contributed by atoms with Gasteiger partial charge in [-0.15, -0.1) is 0 Å². The lowest BCUT2D eigenvalue weighted by Crippen LogP contribution is -2.22. The third-order valence-electron chi connectivity index (χ3n) is 5.98. The highest BCUT2D eigenvalue weighted by atomic mass is 19.1. The van der Waals surface area contributed by atoms with E-state index in [-0.39, 0.29) is 6.67 Å². The predicted molar refractivity (Wildman–Crippen MR) is 96.4 cm³/mol. The van der Waals surface area contributed by atoms with Crippen LogP contribution < -0.4 is 0 Å². The molecule has 0 bridgehead atoms. The van der Waals surface area contributed by atoms with Crippen molar-refractivity contribution >= 4 is 0 Å². The zero-order valence-corrected chi connectivity index (χ0v) is 15.1. The fraction of sp³-hybridized carbons (Fsp3) is 0.905. The summed E-state index contributed by atoms with van der Waals surface area (Å²) in [5.74, 6) is 2.70. The summed E-state index contributed by atoms with van der Waals surface area (Å²) in [5, 5.41) is 0. The van der Waals surface area contributed by atoms with Crippen LogP contribution in [0.15, 0.2) is 12.2 Å². The summed E-state index contributed by atoms with van der Waals surface area (Å²) in [5.41, 5.74) is 0. The number of halogens is 1. The molecule has 0 N–H and O–H groups in total. The molecule has 0 unspecified atom stereocenters. The van der Waals surface area contributed by atoms with Gasteiger partial charge in [0.2, 0.25) is 0 Å². The topological polar surface area (TPSA) is 9.23 Å². The van der Waals surface area contributed by atoms with Gasteiger partial charge in [0.05, 0.1) is 12.8 Å². The average Bonchev–Trinajstić information content (AvgIpc) is 2.59. The number of hydrogen-bond donors (Lipinski definition) is 0. The first-order valence-corrected chi connectivity index (χ1v) is 10.2. The second-order valence-corrected chi connectivity index (χ2v) is 7.72. The molecular weight excluding hydrogens is 287 g/mol. The van der Waals surface area contributed by atoms with Crippen LogP contribution in [0, 0.1) is 17.8 Å². The van der Waals surface area contributed by atoms with Gasteiger partial charge >= 0.3 is 0 Å². The Hall–Kier alpha value is -0.370. The Morgan fingerprint density at radius 2 is 1.52 bits per heavy atom. The van der Waals surface area contributed by atoms with Crippen LogP contribution in [0.25, 0.3) is 0 Å². The number of alkyl halides is 1. The molecule has 0 aliphatic heterocycles. The van der Waals surface area contributed by atoms with Crippen LogP contribution in [-0.2, 0) is 4.74 Å². The molecule has 2 saturated carbocycles. The van der Waals surface area contributed by atoms with Crippen molar-refractivity contribution in [3.63, 3.8) is 0 Å². The molecule has 2 aliphatic carbocycles. The maximum absolute atomic E-state index is 12.1. The zero-order valence-electron chi connectivity index (χ0n) is 15.1. The van der Waals surface area contributed by atoms with Crippen molar-refractivity contribution in [2.45, 2.75) is 90.1 Å². The first kappa shape index (κ1) is 19.0.